The molecule has 1 heterocycles. The molecule has 3 aromatic rings. The van der Waals surface area contributed by atoms with E-state index in [2.05, 4.69) is 34.6 Å². The SMILES string of the molecule is Cc1ccccc1CCNC(=O)CSc1nnc(Cc2ccc(F)cc2)n1N. The van der Waals surface area contributed by atoms with E-state index in [0.29, 0.717) is 23.9 Å². The number of carbonyl (C=O) groups is 1. The maximum atomic E-state index is 13.0. The van der Waals surface area contributed by atoms with Gasteiger partial charge in [0.1, 0.15) is 5.82 Å². The predicted molar refractivity (Wildman–Crippen MR) is 108 cm³/mol. The molecule has 0 aliphatic heterocycles. The Hall–Kier alpha value is -2.87. The highest BCUT2D eigenvalue weighted by Gasteiger charge is 2.13. The standard InChI is InChI=1S/C20H22FN5OS/c1-14-4-2-3-5-16(14)10-11-23-19(27)13-28-20-25-24-18(26(20)22)12-15-6-8-17(21)9-7-15/h2-9H,10-13,22H2,1H3,(H,23,27). The van der Waals surface area contributed by atoms with Crippen LogP contribution in [-0.2, 0) is 17.6 Å². The van der Waals surface area contributed by atoms with E-state index in [-0.39, 0.29) is 17.5 Å². The first-order valence-electron chi connectivity index (χ1n) is 8.91. The Balaban J connectivity index is 1.46. The molecule has 0 saturated heterocycles. The number of aromatic nitrogens is 3. The van der Waals surface area contributed by atoms with Crippen molar-refractivity contribution in [2.45, 2.75) is 24.9 Å². The number of carbonyl (C=O) groups excluding carboxylic acids is 1. The number of hydrogen-bond acceptors (Lipinski definition) is 5. The summed E-state index contributed by atoms with van der Waals surface area (Å²) in [6.07, 6.45) is 1.23. The Morgan fingerprint density at radius 3 is 2.68 bits per heavy atom. The Kier molecular flexibility index (Phi) is 6.65. The summed E-state index contributed by atoms with van der Waals surface area (Å²) in [7, 11) is 0. The van der Waals surface area contributed by atoms with Gasteiger partial charge >= 0.3 is 0 Å². The molecule has 0 atom stereocenters. The minimum absolute atomic E-state index is 0.0818. The minimum atomic E-state index is -0.289. The van der Waals surface area contributed by atoms with E-state index < -0.39 is 0 Å². The van der Waals surface area contributed by atoms with Gasteiger partial charge in [-0.15, -0.1) is 10.2 Å². The average Bonchev–Trinajstić information content (AvgIpc) is 3.03. The van der Waals surface area contributed by atoms with Crippen molar-refractivity contribution < 1.29 is 9.18 Å². The number of nitrogens with two attached hydrogens (primary N) is 1. The molecule has 3 rings (SSSR count). The van der Waals surface area contributed by atoms with E-state index in [1.807, 2.05) is 12.1 Å². The third kappa shape index (κ3) is 5.32. The molecule has 0 saturated carbocycles. The van der Waals surface area contributed by atoms with Crippen LogP contribution in [0, 0.1) is 12.7 Å². The highest BCUT2D eigenvalue weighted by Crippen LogP contribution is 2.16. The lowest BCUT2D eigenvalue weighted by Gasteiger charge is -2.07. The maximum absolute atomic E-state index is 13.0. The molecule has 0 aliphatic rings. The smallest absolute Gasteiger partial charge is 0.230 e. The van der Waals surface area contributed by atoms with Gasteiger partial charge in [-0.2, -0.15) is 0 Å². The third-order valence-corrected chi connectivity index (χ3v) is 5.26. The van der Waals surface area contributed by atoms with Crippen molar-refractivity contribution in [1.29, 1.82) is 0 Å². The van der Waals surface area contributed by atoms with Crippen LogP contribution in [0.15, 0.2) is 53.7 Å². The van der Waals surface area contributed by atoms with Crippen molar-refractivity contribution in [2.24, 2.45) is 0 Å². The quantitative estimate of drug-likeness (QED) is 0.449. The molecule has 0 spiro atoms. The van der Waals surface area contributed by atoms with E-state index in [0.717, 1.165) is 12.0 Å². The largest absolute Gasteiger partial charge is 0.355 e. The lowest BCUT2D eigenvalue weighted by Crippen LogP contribution is -2.27. The van der Waals surface area contributed by atoms with Gasteiger partial charge in [0.15, 0.2) is 5.82 Å². The van der Waals surface area contributed by atoms with Gasteiger partial charge in [-0.05, 0) is 42.2 Å². The molecule has 2 aromatic carbocycles. The Morgan fingerprint density at radius 1 is 1.18 bits per heavy atom. The Bertz CT molecular complexity index is 942. The van der Waals surface area contributed by atoms with Crippen molar-refractivity contribution in [3.8, 4) is 0 Å². The maximum Gasteiger partial charge on any atom is 0.230 e. The average molecular weight is 399 g/mol. The number of hydrogen-bond donors (Lipinski definition) is 2. The Labute approximate surface area is 167 Å². The Morgan fingerprint density at radius 2 is 1.93 bits per heavy atom. The number of rotatable bonds is 8. The molecule has 0 radical (unpaired) electrons. The van der Waals surface area contributed by atoms with Crippen LogP contribution < -0.4 is 11.2 Å². The summed E-state index contributed by atoms with van der Waals surface area (Å²) in [5.41, 5.74) is 3.32. The van der Waals surface area contributed by atoms with Gasteiger partial charge in [0.05, 0.1) is 5.75 Å². The lowest BCUT2D eigenvalue weighted by molar-refractivity contribution is -0.118. The molecular weight excluding hydrogens is 377 g/mol. The topological polar surface area (TPSA) is 85.8 Å². The second-order valence-electron chi connectivity index (χ2n) is 6.39. The van der Waals surface area contributed by atoms with E-state index in [1.165, 1.54) is 39.7 Å². The van der Waals surface area contributed by atoms with Gasteiger partial charge in [0.25, 0.3) is 0 Å². The summed E-state index contributed by atoms with van der Waals surface area (Å²) in [4.78, 5) is 12.1. The van der Waals surface area contributed by atoms with Gasteiger partial charge in [0, 0.05) is 13.0 Å². The van der Waals surface area contributed by atoms with Crippen LogP contribution in [0.25, 0.3) is 0 Å². The molecule has 0 unspecified atom stereocenters. The lowest BCUT2D eigenvalue weighted by atomic mass is 10.1. The normalized spacial score (nSPS) is 10.8. The second-order valence-corrected chi connectivity index (χ2v) is 7.33. The van der Waals surface area contributed by atoms with Crippen LogP contribution in [0.1, 0.15) is 22.5 Å². The fraction of sp³-hybridized carbons (Fsp3) is 0.250. The summed E-state index contributed by atoms with van der Waals surface area (Å²) in [6.45, 7) is 2.64. The van der Waals surface area contributed by atoms with Gasteiger partial charge in [-0.1, -0.05) is 48.2 Å². The van der Waals surface area contributed by atoms with Gasteiger partial charge < -0.3 is 11.2 Å². The van der Waals surface area contributed by atoms with E-state index in [9.17, 15) is 9.18 Å². The van der Waals surface area contributed by atoms with Crippen LogP contribution in [-0.4, -0.2) is 33.1 Å². The monoisotopic (exact) mass is 399 g/mol. The molecule has 0 fully saturated rings. The van der Waals surface area contributed by atoms with Crippen LogP contribution in [0.5, 0.6) is 0 Å². The molecule has 3 N–H and O–H groups in total. The number of nitrogens with one attached hydrogen (secondary N) is 1. The molecule has 8 heteroatoms. The first-order valence-corrected chi connectivity index (χ1v) is 9.89. The fourth-order valence-corrected chi connectivity index (χ4v) is 3.42. The van der Waals surface area contributed by atoms with Crippen LogP contribution in [0.4, 0.5) is 4.39 Å². The van der Waals surface area contributed by atoms with Gasteiger partial charge in [-0.3, -0.25) is 4.79 Å². The zero-order chi connectivity index (χ0) is 19.9. The summed E-state index contributed by atoms with van der Waals surface area (Å²) >= 11 is 1.23. The molecule has 1 aromatic heterocycles. The van der Waals surface area contributed by atoms with E-state index >= 15 is 0 Å². The summed E-state index contributed by atoms with van der Waals surface area (Å²) in [6, 6.07) is 14.3. The minimum Gasteiger partial charge on any atom is -0.355 e. The van der Waals surface area contributed by atoms with Crippen molar-refractivity contribution >= 4 is 17.7 Å². The first-order chi connectivity index (χ1) is 13.5. The third-order valence-electron chi connectivity index (χ3n) is 4.32. The predicted octanol–water partition coefficient (Wildman–Crippen LogP) is 2.48. The molecule has 0 bridgehead atoms. The number of aryl methyl sites for hydroxylation is 1. The van der Waals surface area contributed by atoms with Crippen molar-refractivity contribution in [1.82, 2.24) is 20.2 Å². The molecule has 6 nitrogen and oxygen atoms in total. The van der Waals surface area contributed by atoms with E-state index in [4.69, 9.17) is 5.84 Å². The number of benzene rings is 2. The van der Waals surface area contributed by atoms with Gasteiger partial charge in [-0.25, -0.2) is 9.07 Å². The van der Waals surface area contributed by atoms with Crippen molar-refractivity contribution in [3.63, 3.8) is 0 Å². The number of thioether (sulfide) groups is 1. The highest BCUT2D eigenvalue weighted by atomic mass is 32.2. The van der Waals surface area contributed by atoms with Crippen molar-refractivity contribution in [2.75, 3.05) is 18.1 Å². The first kappa shape index (κ1) is 19.9. The van der Waals surface area contributed by atoms with E-state index in [1.54, 1.807) is 12.1 Å². The summed E-state index contributed by atoms with van der Waals surface area (Å²) < 4.78 is 14.4. The molecule has 146 valence electrons. The summed E-state index contributed by atoms with van der Waals surface area (Å²) in [5, 5.41) is 11.5. The molecule has 0 aliphatic carbocycles. The zero-order valence-corrected chi connectivity index (χ0v) is 16.4. The number of halogens is 1. The van der Waals surface area contributed by atoms with Crippen LogP contribution in [0.2, 0.25) is 0 Å². The molecule has 1 amide bonds. The highest BCUT2D eigenvalue weighted by molar-refractivity contribution is 7.99. The number of nitrogen functional groups attached to an aromatic ring is 1. The van der Waals surface area contributed by atoms with Crippen LogP contribution >= 0.6 is 11.8 Å². The number of amides is 1. The van der Waals surface area contributed by atoms with Gasteiger partial charge in [0.2, 0.25) is 11.1 Å². The van der Waals surface area contributed by atoms with Crippen molar-refractivity contribution in [3.05, 3.63) is 76.9 Å². The molecule has 28 heavy (non-hydrogen) atoms. The molecular formula is C20H22FN5OS. The number of nitrogens with zero attached hydrogens (tertiary/aromatic N) is 3. The van der Waals surface area contributed by atoms with Crippen LogP contribution in [0.3, 0.4) is 0 Å². The zero-order valence-electron chi connectivity index (χ0n) is 15.6. The second kappa shape index (κ2) is 9.36. The summed E-state index contributed by atoms with van der Waals surface area (Å²) in [5.74, 6) is 6.41. The fourth-order valence-electron chi connectivity index (χ4n) is 2.72.